The van der Waals surface area contributed by atoms with Crippen LogP contribution in [0, 0.1) is 11.8 Å². The van der Waals surface area contributed by atoms with Gasteiger partial charge in [-0.1, -0.05) is 32.6 Å². The van der Waals surface area contributed by atoms with Gasteiger partial charge in [0, 0.05) is 18.6 Å². The molecule has 1 aliphatic heterocycles. The fourth-order valence-corrected chi connectivity index (χ4v) is 3.32. The van der Waals surface area contributed by atoms with Gasteiger partial charge in [0.25, 0.3) is 0 Å². The molecule has 94 valence electrons. The summed E-state index contributed by atoms with van der Waals surface area (Å²) in [4.78, 5) is 2.68. The first-order valence-electron chi connectivity index (χ1n) is 7.13. The predicted molar refractivity (Wildman–Crippen MR) is 69.4 cm³/mol. The Morgan fingerprint density at radius 2 is 2.00 bits per heavy atom. The Labute approximate surface area is 101 Å². The van der Waals surface area contributed by atoms with E-state index in [0.29, 0.717) is 0 Å². The molecule has 0 amide bonds. The molecule has 2 aliphatic rings. The second-order valence-corrected chi connectivity index (χ2v) is 6.21. The molecule has 16 heavy (non-hydrogen) atoms. The maximum atomic E-state index is 6.06. The van der Waals surface area contributed by atoms with Crippen molar-refractivity contribution in [2.75, 3.05) is 19.6 Å². The van der Waals surface area contributed by atoms with Crippen molar-refractivity contribution in [2.24, 2.45) is 17.6 Å². The molecule has 2 nitrogen and oxygen atoms in total. The van der Waals surface area contributed by atoms with Crippen LogP contribution in [0.25, 0.3) is 0 Å². The van der Waals surface area contributed by atoms with Crippen LogP contribution in [0.5, 0.6) is 0 Å². The van der Waals surface area contributed by atoms with E-state index in [1.807, 2.05) is 0 Å². The number of nitrogens with two attached hydrogens (primary N) is 1. The molecule has 0 radical (unpaired) electrons. The predicted octanol–water partition coefficient (Wildman–Crippen LogP) is 2.63. The van der Waals surface area contributed by atoms with Crippen molar-refractivity contribution < 1.29 is 0 Å². The summed E-state index contributed by atoms with van der Waals surface area (Å²) in [5.74, 6) is 1.89. The Bertz CT molecular complexity index is 225. The van der Waals surface area contributed by atoms with E-state index in [1.54, 1.807) is 0 Å². The Balaban J connectivity index is 1.91. The standard InChI is InChI=1S/C14H28N2/c1-3-12-7-8-16(10-12)14(2,11-15)9-13-5-4-6-13/h12-13H,3-11,15H2,1-2H3. The highest BCUT2D eigenvalue weighted by molar-refractivity contribution is 4.94. The zero-order valence-electron chi connectivity index (χ0n) is 11.0. The summed E-state index contributed by atoms with van der Waals surface area (Å²) >= 11 is 0. The summed E-state index contributed by atoms with van der Waals surface area (Å²) in [7, 11) is 0. The van der Waals surface area contributed by atoms with Crippen molar-refractivity contribution in [3.8, 4) is 0 Å². The van der Waals surface area contributed by atoms with E-state index in [2.05, 4.69) is 18.7 Å². The third kappa shape index (κ3) is 2.43. The topological polar surface area (TPSA) is 29.3 Å². The van der Waals surface area contributed by atoms with Crippen LogP contribution in [0.1, 0.15) is 52.4 Å². The molecule has 1 heterocycles. The second kappa shape index (κ2) is 5.05. The highest BCUT2D eigenvalue weighted by atomic mass is 15.2. The largest absolute Gasteiger partial charge is 0.329 e. The van der Waals surface area contributed by atoms with Crippen molar-refractivity contribution in [3.63, 3.8) is 0 Å². The lowest BCUT2D eigenvalue weighted by atomic mass is 9.76. The smallest absolute Gasteiger partial charge is 0.0306 e. The normalized spacial score (nSPS) is 31.3. The molecular weight excluding hydrogens is 196 g/mol. The van der Waals surface area contributed by atoms with Gasteiger partial charge in [-0.15, -0.1) is 0 Å². The van der Waals surface area contributed by atoms with Crippen molar-refractivity contribution in [1.29, 1.82) is 0 Å². The molecule has 2 fully saturated rings. The lowest BCUT2D eigenvalue weighted by Gasteiger charge is -2.43. The van der Waals surface area contributed by atoms with Gasteiger partial charge in [0.05, 0.1) is 0 Å². The molecule has 2 unspecified atom stereocenters. The lowest BCUT2D eigenvalue weighted by molar-refractivity contribution is 0.0865. The van der Waals surface area contributed by atoms with Crippen molar-refractivity contribution >= 4 is 0 Å². The number of nitrogens with zero attached hydrogens (tertiary/aromatic N) is 1. The molecule has 0 aromatic rings. The van der Waals surface area contributed by atoms with Crippen LogP contribution in [0.15, 0.2) is 0 Å². The first-order valence-corrected chi connectivity index (χ1v) is 7.13. The molecule has 2 atom stereocenters. The highest BCUT2D eigenvalue weighted by Crippen LogP contribution is 2.37. The Hall–Kier alpha value is -0.0800. The molecule has 1 saturated carbocycles. The van der Waals surface area contributed by atoms with Gasteiger partial charge in [-0.2, -0.15) is 0 Å². The zero-order chi connectivity index (χ0) is 11.6. The van der Waals surface area contributed by atoms with E-state index < -0.39 is 0 Å². The average Bonchev–Trinajstić information content (AvgIpc) is 2.72. The summed E-state index contributed by atoms with van der Waals surface area (Å²) < 4.78 is 0. The van der Waals surface area contributed by atoms with Crippen LogP contribution in [0.4, 0.5) is 0 Å². The number of hydrogen-bond acceptors (Lipinski definition) is 2. The van der Waals surface area contributed by atoms with Gasteiger partial charge in [0.1, 0.15) is 0 Å². The summed E-state index contributed by atoms with van der Waals surface area (Å²) in [5.41, 5.74) is 6.35. The lowest BCUT2D eigenvalue weighted by Crippen LogP contribution is -2.52. The number of hydrogen-bond donors (Lipinski definition) is 1. The summed E-state index contributed by atoms with van der Waals surface area (Å²) in [5, 5.41) is 0. The molecule has 1 aliphatic carbocycles. The van der Waals surface area contributed by atoms with Crippen LogP contribution in [-0.4, -0.2) is 30.1 Å². The SMILES string of the molecule is CCC1CCN(C(C)(CN)CC2CCC2)C1. The van der Waals surface area contributed by atoms with E-state index >= 15 is 0 Å². The van der Waals surface area contributed by atoms with E-state index in [1.165, 1.54) is 51.6 Å². The summed E-state index contributed by atoms with van der Waals surface area (Å²) in [6.45, 7) is 8.11. The highest BCUT2D eigenvalue weighted by Gasteiger charge is 2.38. The monoisotopic (exact) mass is 224 g/mol. The van der Waals surface area contributed by atoms with Gasteiger partial charge in [0.15, 0.2) is 0 Å². The van der Waals surface area contributed by atoms with Crippen molar-refractivity contribution in [1.82, 2.24) is 4.90 Å². The molecule has 0 spiro atoms. The maximum absolute atomic E-state index is 6.06. The van der Waals surface area contributed by atoms with Crippen molar-refractivity contribution in [2.45, 2.75) is 57.9 Å². The van der Waals surface area contributed by atoms with Gasteiger partial charge < -0.3 is 5.73 Å². The van der Waals surface area contributed by atoms with Gasteiger partial charge in [-0.25, -0.2) is 0 Å². The Kier molecular flexibility index (Phi) is 3.91. The molecular formula is C14H28N2. The van der Waals surface area contributed by atoms with Crippen LogP contribution in [-0.2, 0) is 0 Å². The van der Waals surface area contributed by atoms with Crippen molar-refractivity contribution in [3.05, 3.63) is 0 Å². The van der Waals surface area contributed by atoms with Gasteiger partial charge in [-0.05, 0) is 38.1 Å². The molecule has 0 aromatic heterocycles. The summed E-state index contributed by atoms with van der Waals surface area (Å²) in [6, 6.07) is 0. The summed E-state index contributed by atoms with van der Waals surface area (Å²) in [6.07, 6.45) is 8.39. The molecule has 2 N–H and O–H groups in total. The second-order valence-electron chi connectivity index (χ2n) is 6.21. The first kappa shape index (κ1) is 12.4. The van der Waals surface area contributed by atoms with E-state index in [9.17, 15) is 0 Å². The van der Waals surface area contributed by atoms with Crippen LogP contribution < -0.4 is 5.73 Å². The quantitative estimate of drug-likeness (QED) is 0.778. The van der Waals surface area contributed by atoms with Gasteiger partial charge in [0.2, 0.25) is 0 Å². The minimum atomic E-state index is 0.287. The van der Waals surface area contributed by atoms with Crippen LogP contribution >= 0.6 is 0 Å². The third-order valence-corrected chi connectivity index (χ3v) is 5.02. The van der Waals surface area contributed by atoms with E-state index in [-0.39, 0.29) is 5.54 Å². The number of likely N-dealkylation sites (tertiary alicyclic amines) is 1. The van der Waals surface area contributed by atoms with E-state index in [0.717, 1.165) is 18.4 Å². The Morgan fingerprint density at radius 3 is 2.44 bits per heavy atom. The first-order chi connectivity index (χ1) is 7.68. The molecule has 2 heteroatoms. The molecule has 1 saturated heterocycles. The van der Waals surface area contributed by atoms with Gasteiger partial charge >= 0.3 is 0 Å². The maximum Gasteiger partial charge on any atom is 0.0306 e. The van der Waals surface area contributed by atoms with E-state index in [4.69, 9.17) is 5.73 Å². The van der Waals surface area contributed by atoms with Gasteiger partial charge in [-0.3, -0.25) is 4.90 Å². The van der Waals surface area contributed by atoms with Crippen LogP contribution in [0.2, 0.25) is 0 Å². The minimum absolute atomic E-state index is 0.287. The molecule has 0 aromatic carbocycles. The molecule has 0 bridgehead atoms. The zero-order valence-corrected chi connectivity index (χ0v) is 11.0. The number of rotatable bonds is 5. The fourth-order valence-electron chi connectivity index (χ4n) is 3.32. The fraction of sp³-hybridized carbons (Fsp3) is 1.00. The average molecular weight is 224 g/mol. The van der Waals surface area contributed by atoms with Crippen LogP contribution in [0.3, 0.4) is 0 Å². The minimum Gasteiger partial charge on any atom is -0.329 e. The third-order valence-electron chi connectivity index (χ3n) is 5.02. The molecule has 2 rings (SSSR count). The Morgan fingerprint density at radius 1 is 1.25 bits per heavy atom.